The van der Waals surface area contributed by atoms with Crippen molar-refractivity contribution in [3.05, 3.63) is 90.3 Å². The van der Waals surface area contributed by atoms with Crippen LogP contribution in [0.1, 0.15) is 43.0 Å². The second-order valence-corrected chi connectivity index (χ2v) is 9.34. The third-order valence-corrected chi connectivity index (χ3v) is 5.80. The van der Waals surface area contributed by atoms with Gasteiger partial charge in [0.05, 0.1) is 22.7 Å². The molecule has 0 saturated carbocycles. The maximum Gasteiger partial charge on any atom is 0.269 e. The highest BCUT2D eigenvalue weighted by atomic mass is 32.1. The summed E-state index contributed by atoms with van der Waals surface area (Å²) in [6, 6.07) is 17.3. The lowest BCUT2D eigenvalue weighted by Crippen LogP contribution is -2.33. The smallest absolute Gasteiger partial charge is 0.269 e. The summed E-state index contributed by atoms with van der Waals surface area (Å²) in [4.78, 5) is 25.9. The Morgan fingerprint density at radius 2 is 1.90 bits per heavy atom. The van der Waals surface area contributed by atoms with E-state index >= 15 is 0 Å². The largest absolute Gasteiger partial charge is 0.294 e. The lowest BCUT2D eigenvalue weighted by atomic mass is 9.91. The molecule has 0 saturated heterocycles. The van der Waals surface area contributed by atoms with Gasteiger partial charge in [-0.05, 0) is 30.2 Å². The van der Waals surface area contributed by atoms with E-state index in [1.807, 2.05) is 70.2 Å². The van der Waals surface area contributed by atoms with Gasteiger partial charge in [0.15, 0.2) is 5.78 Å². The Hall–Kier alpha value is -3.23. The van der Waals surface area contributed by atoms with E-state index in [1.165, 1.54) is 11.3 Å². The molecule has 30 heavy (non-hydrogen) atoms. The number of rotatable bonds is 4. The normalized spacial score (nSPS) is 12.8. The number of aromatic nitrogens is 1. The molecular weight excluding hydrogens is 392 g/mol. The van der Waals surface area contributed by atoms with Crippen LogP contribution in [0, 0.1) is 23.7 Å². The van der Waals surface area contributed by atoms with Crippen LogP contribution in [0.5, 0.6) is 0 Å². The number of thiazole rings is 1. The molecular formula is C25H24N2O2S. The van der Waals surface area contributed by atoms with Crippen molar-refractivity contribution < 1.29 is 4.79 Å². The van der Waals surface area contributed by atoms with Crippen molar-refractivity contribution in [1.29, 1.82) is 5.26 Å². The number of aryl methyl sites for hydroxylation is 1. The standard InChI is InChI=1S/C25H24N2O2S/c1-17-8-7-9-18(12-17)13-21-24(29)27(16-20-11-6-5-10-19(20)15-26)23(30-21)14-22(28)25(2,3)4/h5-14H,16H2,1-4H3/b21-13-,23-14-. The molecule has 0 atom stereocenters. The average Bonchev–Trinajstić information content (AvgIpc) is 2.96. The number of ketones is 1. The number of carbonyl (C=O) groups excluding carboxylic acids is 1. The maximum atomic E-state index is 13.2. The minimum atomic E-state index is -0.546. The fraction of sp³-hybridized carbons (Fsp3) is 0.240. The van der Waals surface area contributed by atoms with Crippen LogP contribution in [0.2, 0.25) is 0 Å². The number of benzene rings is 2. The van der Waals surface area contributed by atoms with Gasteiger partial charge in [-0.3, -0.25) is 14.2 Å². The van der Waals surface area contributed by atoms with Gasteiger partial charge in [0.2, 0.25) is 0 Å². The summed E-state index contributed by atoms with van der Waals surface area (Å²) in [5.74, 6) is -0.0480. The number of nitriles is 1. The lowest BCUT2D eigenvalue weighted by molar-refractivity contribution is -0.120. The molecule has 0 N–H and O–H groups in total. The number of Topliss-reactive ketones (excluding diaryl/α,β-unsaturated/α-hetero) is 1. The first-order chi connectivity index (χ1) is 14.2. The van der Waals surface area contributed by atoms with Crippen molar-refractivity contribution in [2.24, 2.45) is 5.41 Å². The van der Waals surface area contributed by atoms with Crippen molar-refractivity contribution in [1.82, 2.24) is 4.57 Å². The first-order valence-corrected chi connectivity index (χ1v) is 10.5. The van der Waals surface area contributed by atoms with Gasteiger partial charge in [-0.15, -0.1) is 11.3 Å². The van der Waals surface area contributed by atoms with Gasteiger partial charge in [0.25, 0.3) is 5.56 Å². The molecule has 5 heteroatoms. The van der Waals surface area contributed by atoms with Crippen LogP contribution in [0.3, 0.4) is 0 Å². The first kappa shape index (κ1) is 21.5. The maximum absolute atomic E-state index is 13.2. The van der Waals surface area contributed by atoms with E-state index in [0.29, 0.717) is 14.8 Å². The minimum absolute atomic E-state index is 0.0480. The monoisotopic (exact) mass is 416 g/mol. The van der Waals surface area contributed by atoms with Gasteiger partial charge in [-0.2, -0.15) is 5.26 Å². The van der Waals surface area contributed by atoms with E-state index in [1.54, 1.807) is 22.8 Å². The summed E-state index contributed by atoms with van der Waals surface area (Å²) in [7, 11) is 0. The molecule has 0 amide bonds. The molecule has 0 aliphatic heterocycles. The molecule has 0 bridgehead atoms. The van der Waals surface area contributed by atoms with Gasteiger partial charge >= 0.3 is 0 Å². The molecule has 0 unspecified atom stereocenters. The second-order valence-electron chi connectivity index (χ2n) is 8.28. The molecule has 0 aliphatic carbocycles. The van der Waals surface area contributed by atoms with Gasteiger partial charge in [-0.1, -0.05) is 68.8 Å². The quantitative estimate of drug-likeness (QED) is 0.655. The molecule has 1 aromatic heterocycles. The number of hydrogen-bond acceptors (Lipinski definition) is 4. The lowest BCUT2D eigenvalue weighted by Gasteiger charge is -2.13. The zero-order valence-electron chi connectivity index (χ0n) is 17.6. The van der Waals surface area contributed by atoms with Gasteiger partial charge in [-0.25, -0.2) is 0 Å². The van der Waals surface area contributed by atoms with Gasteiger partial charge < -0.3 is 0 Å². The van der Waals surface area contributed by atoms with Crippen molar-refractivity contribution in [3.8, 4) is 6.07 Å². The van der Waals surface area contributed by atoms with Crippen molar-refractivity contribution in [3.63, 3.8) is 0 Å². The summed E-state index contributed by atoms with van der Waals surface area (Å²) >= 11 is 1.30. The molecule has 0 radical (unpaired) electrons. The van der Waals surface area contributed by atoms with E-state index in [4.69, 9.17) is 0 Å². The molecule has 3 aromatic rings. The Morgan fingerprint density at radius 1 is 1.17 bits per heavy atom. The molecule has 4 nitrogen and oxygen atoms in total. The number of hydrogen-bond donors (Lipinski definition) is 0. The molecule has 2 aromatic carbocycles. The molecule has 3 rings (SSSR count). The van der Waals surface area contributed by atoms with Gasteiger partial charge in [0.1, 0.15) is 4.66 Å². The third kappa shape index (κ3) is 4.84. The SMILES string of the molecule is Cc1cccc(/C=c2\s/c(=C\C(=O)C(C)(C)C)n(Cc3ccccc3C#N)c2=O)c1. The summed E-state index contributed by atoms with van der Waals surface area (Å²) in [5.41, 5.74) is 2.61. The fourth-order valence-electron chi connectivity index (χ4n) is 2.97. The Labute approximate surface area is 180 Å². The fourth-order valence-corrected chi connectivity index (χ4v) is 4.01. The van der Waals surface area contributed by atoms with E-state index < -0.39 is 5.41 Å². The zero-order valence-corrected chi connectivity index (χ0v) is 18.4. The number of carbonyl (C=O) groups is 1. The third-order valence-electron chi connectivity index (χ3n) is 4.74. The minimum Gasteiger partial charge on any atom is -0.294 e. The molecule has 0 spiro atoms. The van der Waals surface area contributed by atoms with E-state index in [9.17, 15) is 14.9 Å². The van der Waals surface area contributed by atoms with E-state index in [2.05, 4.69) is 6.07 Å². The zero-order chi connectivity index (χ0) is 21.9. The topological polar surface area (TPSA) is 62.9 Å². The van der Waals surface area contributed by atoms with Crippen LogP contribution in [0.4, 0.5) is 0 Å². The van der Waals surface area contributed by atoms with Crippen LogP contribution in [0.25, 0.3) is 12.2 Å². The van der Waals surface area contributed by atoms with Crippen LogP contribution in [0.15, 0.2) is 53.3 Å². The molecule has 152 valence electrons. The molecule has 1 heterocycles. The second kappa shape index (κ2) is 8.64. The summed E-state index contributed by atoms with van der Waals surface area (Å²) in [6.45, 7) is 7.81. The average molecular weight is 417 g/mol. The Balaban J connectivity index is 2.23. The predicted octanol–water partition coefficient (Wildman–Crippen LogP) is 3.36. The van der Waals surface area contributed by atoms with Crippen molar-refractivity contribution in [2.45, 2.75) is 34.2 Å². The summed E-state index contributed by atoms with van der Waals surface area (Å²) in [6.07, 6.45) is 3.40. The van der Waals surface area contributed by atoms with E-state index in [-0.39, 0.29) is 17.9 Å². The van der Waals surface area contributed by atoms with Crippen LogP contribution in [-0.2, 0) is 11.3 Å². The Kier molecular flexibility index (Phi) is 6.19. The highest BCUT2D eigenvalue weighted by Crippen LogP contribution is 2.15. The van der Waals surface area contributed by atoms with Crippen molar-refractivity contribution in [2.75, 3.05) is 0 Å². The summed E-state index contributed by atoms with van der Waals surface area (Å²) < 4.78 is 2.74. The molecule has 0 fully saturated rings. The Morgan fingerprint density at radius 3 is 2.57 bits per heavy atom. The highest BCUT2D eigenvalue weighted by molar-refractivity contribution is 7.07. The van der Waals surface area contributed by atoms with E-state index in [0.717, 1.165) is 16.7 Å². The Bertz CT molecular complexity index is 1310. The van der Waals surface area contributed by atoms with Crippen molar-refractivity contribution >= 4 is 29.3 Å². The van der Waals surface area contributed by atoms with Gasteiger partial charge in [0, 0.05) is 11.5 Å². The predicted molar refractivity (Wildman–Crippen MR) is 122 cm³/mol. The molecule has 0 aliphatic rings. The first-order valence-electron chi connectivity index (χ1n) is 9.71. The van der Waals surface area contributed by atoms with Crippen LogP contribution < -0.4 is 14.8 Å². The summed E-state index contributed by atoms with van der Waals surface area (Å²) in [5, 5.41) is 9.41. The van der Waals surface area contributed by atoms with Crippen LogP contribution in [-0.4, -0.2) is 10.4 Å². The van der Waals surface area contributed by atoms with Crippen LogP contribution >= 0.6 is 11.3 Å². The highest BCUT2D eigenvalue weighted by Gasteiger charge is 2.19. The number of nitrogens with zero attached hydrogens (tertiary/aromatic N) is 2.